The molecule has 8 nitrogen and oxygen atoms in total. The van der Waals surface area contributed by atoms with Crippen molar-refractivity contribution in [3.63, 3.8) is 0 Å². The second kappa shape index (κ2) is 10.8. The van der Waals surface area contributed by atoms with Gasteiger partial charge in [-0.1, -0.05) is 44.5 Å². The average molecular weight is 473 g/mol. The van der Waals surface area contributed by atoms with Crippen LogP contribution < -0.4 is 10.6 Å². The van der Waals surface area contributed by atoms with E-state index >= 15 is 0 Å². The van der Waals surface area contributed by atoms with Crippen molar-refractivity contribution in [2.45, 2.75) is 56.1 Å². The van der Waals surface area contributed by atoms with Gasteiger partial charge < -0.3 is 30.7 Å². The summed E-state index contributed by atoms with van der Waals surface area (Å²) in [6, 6.07) is 4.14. The van der Waals surface area contributed by atoms with Gasteiger partial charge >= 0.3 is 0 Å². The van der Waals surface area contributed by atoms with Crippen LogP contribution in [0.1, 0.15) is 20.8 Å². The first-order valence-electron chi connectivity index (χ1n) is 9.73. The Hall–Kier alpha value is -1.62. The monoisotopic (exact) mass is 472 g/mol. The van der Waals surface area contributed by atoms with Crippen molar-refractivity contribution in [1.82, 2.24) is 5.32 Å². The van der Waals surface area contributed by atoms with Gasteiger partial charge in [0.25, 0.3) is 5.91 Å². The van der Waals surface area contributed by atoms with Crippen LogP contribution >= 0.6 is 23.4 Å². The summed E-state index contributed by atoms with van der Waals surface area (Å²) in [6.07, 6.45) is -3.25. The molecule has 0 radical (unpaired) electrons. The van der Waals surface area contributed by atoms with Crippen LogP contribution in [-0.2, 0) is 14.3 Å². The lowest BCUT2D eigenvalue weighted by Gasteiger charge is -2.28. The zero-order valence-corrected chi connectivity index (χ0v) is 19.4. The molecule has 0 spiro atoms. The third-order valence-corrected chi connectivity index (χ3v) is 5.94. The molecule has 1 aliphatic heterocycles. The fraction of sp³-hybridized carbons (Fsp3) is 0.524. The third kappa shape index (κ3) is 7.20. The van der Waals surface area contributed by atoms with Gasteiger partial charge in [-0.2, -0.15) is 0 Å². The fourth-order valence-corrected chi connectivity index (χ4v) is 4.13. The molecule has 10 heteroatoms. The number of benzene rings is 1. The van der Waals surface area contributed by atoms with Crippen LogP contribution in [0.3, 0.4) is 0 Å². The van der Waals surface area contributed by atoms with Crippen molar-refractivity contribution in [1.29, 1.82) is 0 Å². The molecule has 0 fully saturated rings. The number of allylic oxidation sites excluding steroid dienone is 1. The second-order valence-corrected chi connectivity index (χ2v) is 9.85. The number of hydrogen-bond acceptors (Lipinski definition) is 7. The first kappa shape index (κ1) is 25.6. The molecule has 2 amide bonds. The van der Waals surface area contributed by atoms with E-state index in [-0.39, 0.29) is 11.2 Å². The number of carbonyl (C=O) groups is 2. The lowest BCUT2D eigenvalue weighted by atomic mass is 9.94. The van der Waals surface area contributed by atoms with Gasteiger partial charge in [-0.15, -0.1) is 11.8 Å². The highest BCUT2D eigenvalue weighted by atomic mass is 35.5. The van der Waals surface area contributed by atoms with Gasteiger partial charge in [0, 0.05) is 22.8 Å². The van der Waals surface area contributed by atoms with Gasteiger partial charge in [-0.05, 0) is 23.6 Å². The van der Waals surface area contributed by atoms with Crippen molar-refractivity contribution in [2.24, 2.45) is 5.41 Å². The summed E-state index contributed by atoms with van der Waals surface area (Å²) < 4.78 is 5.06. The maximum absolute atomic E-state index is 12.7. The molecule has 1 heterocycles. The lowest BCUT2D eigenvalue weighted by molar-refractivity contribution is -0.150. The summed E-state index contributed by atoms with van der Waals surface area (Å²) in [4.78, 5) is 26.0. The largest absolute Gasteiger partial charge is 0.387 e. The third-order valence-electron chi connectivity index (χ3n) is 4.56. The number of aliphatic hydroxyl groups excluding tert-OH is 3. The van der Waals surface area contributed by atoms with E-state index in [0.29, 0.717) is 10.7 Å². The van der Waals surface area contributed by atoms with Crippen LogP contribution in [0.5, 0.6) is 0 Å². The van der Waals surface area contributed by atoms with E-state index in [1.165, 1.54) is 24.9 Å². The summed E-state index contributed by atoms with van der Waals surface area (Å²) in [7, 11) is 1.19. The van der Waals surface area contributed by atoms with Gasteiger partial charge in [-0.3, -0.25) is 9.59 Å². The van der Waals surface area contributed by atoms with E-state index in [9.17, 15) is 24.9 Å². The summed E-state index contributed by atoms with van der Waals surface area (Å²) in [5.74, 6) is -0.984. The number of amides is 2. The number of rotatable bonds is 7. The van der Waals surface area contributed by atoms with Crippen molar-refractivity contribution >= 4 is 40.9 Å². The van der Waals surface area contributed by atoms with E-state index in [1.54, 1.807) is 24.3 Å². The van der Waals surface area contributed by atoms with E-state index < -0.39 is 42.3 Å². The fourth-order valence-electron chi connectivity index (χ4n) is 2.83. The molecule has 5 atom stereocenters. The normalized spacial score (nSPS) is 20.9. The highest BCUT2D eigenvalue weighted by Crippen LogP contribution is 2.33. The Kier molecular flexibility index (Phi) is 8.93. The highest BCUT2D eigenvalue weighted by Gasteiger charge is 2.37. The van der Waals surface area contributed by atoms with Gasteiger partial charge in [0.15, 0.2) is 6.10 Å². The van der Waals surface area contributed by atoms with Crippen molar-refractivity contribution in [3.05, 3.63) is 35.4 Å². The number of aliphatic hydroxyl groups is 3. The number of nitrogens with one attached hydrogen (secondary N) is 2. The van der Waals surface area contributed by atoms with Gasteiger partial charge in [0.1, 0.15) is 24.4 Å². The number of fused-ring (bicyclic) bond motifs is 1. The Balaban J connectivity index is 2.05. The smallest absolute Gasteiger partial charge is 0.252 e. The van der Waals surface area contributed by atoms with Gasteiger partial charge in [0.2, 0.25) is 5.91 Å². The quantitative estimate of drug-likeness (QED) is 0.381. The molecule has 1 aromatic rings. The van der Waals surface area contributed by atoms with E-state index in [1.807, 2.05) is 20.8 Å². The highest BCUT2D eigenvalue weighted by molar-refractivity contribution is 7.99. The van der Waals surface area contributed by atoms with E-state index in [2.05, 4.69) is 10.6 Å². The second-order valence-electron chi connectivity index (χ2n) is 8.36. The molecule has 2 rings (SSSR count). The van der Waals surface area contributed by atoms with Crippen LogP contribution in [-0.4, -0.2) is 70.5 Å². The zero-order chi connectivity index (χ0) is 23.3. The van der Waals surface area contributed by atoms with Crippen LogP contribution in [0.4, 0.5) is 5.69 Å². The van der Waals surface area contributed by atoms with Crippen molar-refractivity contribution < 1.29 is 29.6 Å². The SMILES string of the molecule is CO[C@@H](C(=O)NC1CSc2cc(Cl)ccc2NC1=O)[C@H](O)[C@@H](O)[C@H](O)/C=C/C(C)(C)C. The number of ether oxygens (including phenoxy) is 1. The summed E-state index contributed by atoms with van der Waals surface area (Å²) in [6.45, 7) is 5.73. The predicted octanol–water partition coefficient (Wildman–Crippen LogP) is 1.57. The molecule has 5 N–H and O–H groups in total. The molecule has 1 aliphatic rings. The minimum absolute atomic E-state index is 0.233. The molecule has 1 unspecified atom stereocenters. The number of methoxy groups -OCH3 is 1. The summed E-state index contributed by atoms with van der Waals surface area (Å²) >= 11 is 7.34. The Morgan fingerprint density at radius 1 is 1.32 bits per heavy atom. The number of thioether (sulfide) groups is 1. The Bertz CT molecular complexity index is 829. The maximum atomic E-state index is 12.7. The molecule has 0 aromatic heterocycles. The van der Waals surface area contributed by atoms with Crippen molar-refractivity contribution in [3.8, 4) is 0 Å². The molecule has 0 aliphatic carbocycles. The molecule has 0 bridgehead atoms. The maximum Gasteiger partial charge on any atom is 0.252 e. The van der Waals surface area contributed by atoms with Crippen LogP contribution in [0.15, 0.2) is 35.2 Å². The number of anilines is 1. The topological polar surface area (TPSA) is 128 Å². The Morgan fingerprint density at radius 2 is 2.00 bits per heavy atom. The van der Waals surface area contributed by atoms with Crippen LogP contribution in [0, 0.1) is 5.41 Å². The number of carbonyl (C=O) groups excluding carboxylic acids is 2. The summed E-state index contributed by atoms with van der Waals surface area (Å²) in [5.41, 5.74) is 0.347. The predicted molar refractivity (Wildman–Crippen MR) is 120 cm³/mol. The molecule has 172 valence electrons. The molecule has 31 heavy (non-hydrogen) atoms. The minimum Gasteiger partial charge on any atom is -0.387 e. The number of hydrogen-bond donors (Lipinski definition) is 5. The zero-order valence-electron chi connectivity index (χ0n) is 17.8. The van der Waals surface area contributed by atoms with Crippen molar-refractivity contribution in [2.75, 3.05) is 18.2 Å². The average Bonchev–Trinajstić information content (AvgIpc) is 2.84. The Morgan fingerprint density at radius 3 is 2.61 bits per heavy atom. The summed E-state index contributed by atoms with van der Waals surface area (Å²) in [5, 5.41) is 36.6. The lowest BCUT2D eigenvalue weighted by Crippen LogP contribution is -2.55. The minimum atomic E-state index is -1.72. The van der Waals surface area contributed by atoms with Gasteiger partial charge in [-0.25, -0.2) is 0 Å². The molecular weight excluding hydrogens is 444 g/mol. The molecule has 0 saturated heterocycles. The number of halogens is 1. The molecule has 1 aromatic carbocycles. The van der Waals surface area contributed by atoms with E-state index in [4.69, 9.17) is 16.3 Å². The van der Waals surface area contributed by atoms with Crippen LogP contribution in [0.2, 0.25) is 5.02 Å². The first-order chi connectivity index (χ1) is 14.4. The first-order valence-corrected chi connectivity index (χ1v) is 11.1. The standard InChI is InChI=1S/C21H29ClN2O6S/c1-21(2,3)8-7-14(25)16(26)17(27)18(30-4)20(29)24-13-10-31-15-9-11(22)5-6-12(15)23-19(13)28/h5-9,13-14,16-18,25-27H,10H2,1-4H3,(H,23,28)(H,24,29)/b8-7+/t13?,14-,16+,17-,18-/m1/s1. The molecule has 0 saturated carbocycles. The van der Waals surface area contributed by atoms with E-state index in [0.717, 1.165) is 4.90 Å². The van der Waals surface area contributed by atoms with Gasteiger partial charge in [0.05, 0.1) is 5.69 Å². The van der Waals surface area contributed by atoms with Crippen LogP contribution in [0.25, 0.3) is 0 Å². The molecular formula is C21H29ClN2O6S. The Labute approximate surface area is 191 Å².